The largest absolute Gasteiger partial charge is 0.348 e. The predicted octanol–water partition coefficient (Wildman–Crippen LogP) is 3.77. The second kappa shape index (κ2) is 10.6. The van der Waals surface area contributed by atoms with Crippen LogP contribution in [0.3, 0.4) is 0 Å². The van der Waals surface area contributed by atoms with Crippen molar-refractivity contribution in [2.75, 3.05) is 20.1 Å². The van der Waals surface area contributed by atoms with Crippen LogP contribution in [0.2, 0.25) is 0 Å². The number of benzene rings is 2. The molecule has 0 saturated carbocycles. The van der Waals surface area contributed by atoms with Gasteiger partial charge in [0.25, 0.3) is 5.91 Å². The second-order valence-electron chi connectivity index (χ2n) is 8.57. The number of nitrogens with one attached hydrogen (secondary N) is 1. The molecule has 6 nitrogen and oxygen atoms in total. The van der Waals surface area contributed by atoms with E-state index >= 15 is 0 Å². The van der Waals surface area contributed by atoms with E-state index in [1.54, 1.807) is 0 Å². The zero-order valence-electron chi connectivity index (χ0n) is 19.0. The van der Waals surface area contributed by atoms with Crippen molar-refractivity contribution in [2.24, 2.45) is 0 Å². The van der Waals surface area contributed by atoms with Crippen molar-refractivity contribution in [3.05, 3.63) is 65.0 Å². The van der Waals surface area contributed by atoms with Crippen LogP contribution in [0.5, 0.6) is 0 Å². The summed E-state index contributed by atoms with van der Waals surface area (Å²) >= 11 is 0. The number of amides is 1. The summed E-state index contributed by atoms with van der Waals surface area (Å²) < 4.78 is 41.6. The highest BCUT2D eigenvalue weighted by molar-refractivity contribution is 7.89. The van der Waals surface area contributed by atoms with E-state index in [0.717, 1.165) is 49.1 Å². The lowest BCUT2D eigenvalue weighted by Crippen LogP contribution is -2.36. The molecule has 2 aromatic carbocycles. The van der Waals surface area contributed by atoms with E-state index in [1.807, 2.05) is 31.3 Å². The average molecular weight is 462 g/mol. The van der Waals surface area contributed by atoms with Crippen LogP contribution in [-0.2, 0) is 23.1 Å². The molecule has 2 aromatic rings. The Labute approximate surface area is 190 Å². The molecule has 1 aliphatic rings. The molecule has 174 valence electrons. The highest BCUT2D eigenvalue weighted by atomic mass is 32.2. The van der Waals surface area contributed by atoms with Crippen molar-refractivity contribution in [1.82, 2.24) is 14.5 Å². The van der Waals surface area contributed by atoms with Crippen LogP contribution >= 0.6 is 0 Å². The molecular formula is C24H32FN3O3S. The van der Waals surface area contributed by atoms with Gasteiger partial charge in [0.1, 0.15) is 10.7 Å². The summed E-state index contributed by atoms with van der Waals surface area (Å²) in [5.74, 6) is -1.28. The lowest BCUT2D eigenvalue weighted by Gasteiger charge is -2.26. The molecule has 1 saturated heterocycles. The first-order valence-electron chi connectivity index (χ1n) is 11.0. The summed E-state index contributed by atoms with van der Waals surface area (Å²) in [6.45, 7) is 6.04. The fourth-order valence-corrected chi connectivity index (χ4v) is 5.31. The molecule has 1 N–H and O–H groups in total. The third-order valence-corrected chi connectivity index (χ3v) is 7.90. The lowest BCUT2D eigenvalue weighted by atomic mass is 10.1. The van der Waals surface area contributed by atoms with Crippen LogP contribution in [-0.4, -0.2) is 49.7 Å². The maximum atomic E-state index is 14.4. The molecule has 0 bridgehead atoms. The molecule has 0 aliphatic carbocycles. The number of rotatable bonds is 8. The van der Waals surface area contributed by atoms with Crippen LogP contribution in [0.4, 0.5) is 4.39 Å². The number of hydrogen-bond donors (Lipinski definition) is 1. The Bertz CT molecular complexity index is 1050. The summed E-state index contributed by atoms with van der Waals surface area (Å²) in [7, 11) is -1.93. The molecule has 0 radical (unpaired) electrons. The van der Waals surface area contributed by atoms with Gasteiger partial charge < -0.3 is 5.32 Å². The van der Waals surface area contributed by atoms with E-state index in [2.05, 4.69) is 24.1 Å². The molecule has 0 aromatic heterocycles. The Hall–Kier alpha value is -2.29. The molecule has 1 aliphatic heterocycles. The van der Waals surface area contributed by atoms with E-state index in [-0.39, 0.29) is 5.56 Å². The Morgan fingerprint density at radius 1 is 1.09 bits per heavy atom. The molecule has 0 unspecified atom stereocenters. The van der Waals surface area contributed by atoms with Gasteiger partial charge in [0, 0.05) is 37.8 Å². The average Bonchev–Trinajstić information content (AvgIpc) is 2.79. The predicted molar refractivity (Wildman–Crippen MR) is 123 cm³/mol. The molecule has 3 rings (SSSR count). The van der Waals surface area contributed by atoms with E-state index in [4.69, 9.17) is 0 Å². The number of sulfonamides is 1. The quantitative estimate of drug-likeness (QED) is 0.650. The van der Waals surface area contributed by atoms with Gasteiger partial charge in [-0.15, -0.1) is 0 Å². The summed E-state index contributed by atoms with van der Waals surface area (Å²) in [4.78, 5) is 14.5. The van der Waals surface area contributed by atoms with E-state index in [1.165, 1.54) is 10.4 Å². The third-order valence-electron chi connectivity index (χ3n) is 5.99. The molecular weight excluding hydrogens is 429 g/mol. The van der Waals surface area contributed by atoms with Gasteiger partial charge in [0.15, 0.2) is 0 Å². The van der Waals surface area contributed by atoms with Crippen LogP contribution in [0.25, 0.3) is 0 Å². The Balaban J connectivity index is 1.75. The third kappa shape index (κ3) is 5.74. The van der Waals surface area contributed by atoms with Gasteiger partial charge in [-0.1, -0.05) is 30.7 Å². The summed E-state index contributed by atoms with van der Waals surface area (Å²) in [6.07, 6.45) is 2.48. The highest BCUT2D eigenvalue weighted by Crippen LogP contribution is 2.24. The van der Waals surface area contributed by atoms with Gasteiger partial charge in [-0.25, -0.2) is 12.8 Å². The Morgan fingerprint density at radius 3 is 2.41 bits per heavy atom. The monoisotopic (exact) mass is 461 g/mol. The van der Waals surface area contributed by atoms with Crippen molar-refractivity contribution >= 4 is 15.9 Å². The molecule has 8 heteroatoms. The normalized spacial score (nSPS) is 15.3. The van der Waals surface area contributed by atoms with Gasteiger partial charge in [-0.2, -0.15) is 4.31 Å². The molecule has 32 heavy (non-hydrogen) atoms. The SMILES string of the molecule is CC(C)N(C)Cc1ccccc1CNC(=O)c1ccc(F)c(S(=O)(=O)N2CCCCC2)c1. The summed E-state index contributed by atoms with van der Waals surface area (Å²) in [6, 6.07) is 11.8. The topological polar surface area (TPSA) is 69.7 Å². The van der Waals surface area contributed by atoms with Gasteiger partial charge in [-0.05, 0) is 63.1 Å². The number of nitrogens with zero attached hydrogens (tertiary/aromatic N) is 2. The van der Waals surface area contributed by atoms with Crippen LogP contribution < -0.4 is 5.32 Å². The van der Waals surface area contributed by atoms with Gasteiger partial charge >= 0.3 is 0 Å². The molecule has 1 fully saturated rings. The first kappa shape index (κ1) is 24.4. The van der Waals surface area contributed by atoms with Crippen molar-refractivity contribution in [3.8, 4) is 0 Å². The van der Waals surface area contributed by atoms with Gasteiger partial charge in [0.2, 0.25) is 10.0 Å². The van der Waals surface area contributed by atoms with Crippen LogP contribution in [0, 0.1) is 5.82 Å². The molecule has 0 spiro atoms. The first-order chi connectivity index (χ1) is 15.2. The van der Waals surface area contributed by atoms with E-state index in [9.17, 15) is 17.6 Å². The Morgan fingerprint density at radius 2 is 1.75 bits per heavy atom. The smallest absolute Gasteiger partial charge is 0.251 e. The lowest BCUT2D eigenvalue weighted by molar-refractivity contribution is 0.0950. The standard InChI is InChI=1S/C24H32FN3O3S/c1-18(2)27(3)17-21-10-6-5-9-20(21)16-26-24(29)19-11-12-22(25)23(15-19)32(30,31)28-13-7-4-8-14-28/h5-6,9-12,15,18H,4,7-8,13-14,16-17H2,1-3H3,(H,26,29). The number of hydrogen-bond acceptors (Lipinski definition) is 4. The van der Waals surface area contributed by atoms with Crippen LogP contribution in [0.15, 0.2) is 47.4 Å². The second-order valence-corrected chi connectivity index (χ2v) is 10.5. The van der Waals surface area contributed by atoms with Crippen LogP contribution in [0.1, 0.15) is 54.6 Å². The van der Waals surface area contributed by atoms with E-state index < -0.39 is 26.6 Å². The Kier molecular flexibility index (Phi) is 8.03. The van der Waals surface area contributed by atoms with Gasteiger partial charge in [0.05, 0.1) is 0 Å². The number of carbonyl (C=O) groups is 1. The zero-order chi connectivity index (χ0) is 23.3. The minimum absolute atomic E-state index is 0.124. The van der Waals surface area contributed by atoms with Gasteiger partial charge in [-0.3, -0.25) is 9.69 Å². The summed E-state index contributed by atoms with van der Waals surface area (Å²) in [5.41, 5.74) is 2.21. The van der Waals surface area contributed by atoms with Crippen molar-refractivity contribution in [3.63, 3.8) is 0 Å². The maximum absolute atomic E-state index is 14.4. The van der Waals surface area contributed by atoms with Crippen molar-refractivity contribution < 1.29 is 17.6 Å². The van der Waals surface area contributed by atoms with E-state index in [0.29, 0.717) is 25.7 Å². The van der Waals surface area contributed by atoms with Crippen molar-refractivity contribution in [1.29, 1.82) is 0 Å². The number of piperidine rings is 1. The highest BCUT2D eigenvalue weighted by Gasteiger charge is 2.29. The number of carbonyl (C=O) groups excluding carboxylic acids is 1. The van der Waals surface area contributed by atoms with Crippen molar-refractivity contribution in [2.45, 2.75) is 57.1 Å². The zero-order valence-corrected chi connectivity index (χ0v) is 19.8. The fraction of sp³-hybridized carbons (Fsp3) is 0.458. The molecule has 1 heterocycles. The first-order valence-corrected chi connectivity index (χ1v) is 12.5. The molecule has 1 amide bonds. The summed E-state index contributed by atoms with van der Waals surface area (Å²) in [5, 5.41) is 2.85. The minimum atomic E-state index is -3.97. The minimum Gasteiger partial charge on any atom is -0.348 e. The molecule has 0 atom stereocenters. The maximum Gasteiger partial charge on any atom is 0.251 e. The number of halogens is 1. The fourth-order valence-electron chi connectivity index (χ4n) is 3.70.